The van der Waals surface area contributed by atoms with Gasteiger partial charge in [0.15, 0.2) is 0 Å². The Bertz CT molecular complexity index is 2700. The largest absolute Gasteiger partial charge is 1.00 e. The predicted octanol–water partition coefficient (Wildman–Crippen LogP) is -6.46. The van der Waals surface area contributed by atoms with Gasteiger partial charge in [-0.1, -0.05) is 30.3 Å². The fraction of sp³-hybridized carbons (Fsp3) is 0. The molecule has 0 saturated carbocycles. The quantitative estimate of drug-likeness (QED) is 0.0556. The summed E-state index contributed by atoms with van der Waals surface area (Å²) in [7, 11) is -15.4. The van der Waals surface area contributed by atoms with Crippen molar-refractivity contribution in [3.8, 4) is 11.1 Å². The van der Waals surface area contributed by atoms with Gasteiger partial charge in [-0.05, 0) is 82.9 Å². The van der Waals surface area contributed by atoms with Crippen molar-refractivity contribution < 1.29 is 137 Å². The average molecular weight is 831 g/mol. The Morgan fingerprint density at radius 1 is 0.545 bits per heavy atom. The Hall–Kier alpha value is -3.03. The Labute approximate surface area is 380 Å². The minimum Gasteiger partial charge on any atom is -0.744 e. The Morgan fingerprint density at radius 3 is 1.45 bits per heavy atom. The van der Waals surface area contributed by atoms with E-state index in [1.54, 1.807) is 36.4 Å². The number of nitrogens with one attached hydrogen (secondary N) is 2. The molecule has 0 aliphatic heterocycles. The Morgan fingerprint density at radius 2 is 1.00 bits per heavy atom. The van der Waals surface area contributed by atoms with Crippen LogP contribution in [0.3, 0.4) is 0 Å². The molecule has 0 fully saturated rings. The summed E-state index contributed by atoms with van der Waals surface area (Å²) in [6.07, 6.45) is 1.76. The monoisotopic (exact) mass is 830 g/mol. The minimum atomic E-state index is -5.33. The fourth-order valence-electron chi connectivity index (χ4n) is 5.27. The first-order valence-electron chi connectivity index (χ1n) is 14.4. The number of carbonyl (C=O) groups is 2. The molecule has 2 aliphatic rings. The summed E-state index contributed by atoms with van der Waals surface area (Å²) < 4.78 is 106. The number of nitrogens with two attached hydrogens (primary N) is 2. The number of fused-ring (bicyclic) bond motifs is 2. The summed E-state index contributed by atoms with van der Waals surface area (Å²) in [4.78, 5) is 23.6. The van der Waals surface area contributed by atoms with Crippen LogP contribution in [-0.2, 0) is 30.4 Å². The second-order valence-electron chi connectivity index (χ2n) is 11.2. The molecule has 0 bridgehead atoms. The summed E-state index contributed by atoms with van der Waals surface area (Å²) in [6.45, 7) is 0. The Kier molecular flexibility index (Phi) is 14.9. The molecular formula is C32H21N6Na3O11S3. The van der Waals surface area contributed by atoms with E-state index in [1.807, 2.05) is 0 Å². The van der Waals surface area contributed by atoms with E-state index in [1.165, 1.54) is 30.3 Å². The van der Waals surface area contributed by atoms with E-state index < -0.39 is 73.7 Å². The standard InChI is InChI=1S/C32H24N6O11S3.3Na/c33-20-6-1-18-12-26(51(44,45)46)29(31(39)24(18)14-20)37-35-21-7-2-16(3-8-21)17-4-9-22(10-5-17)36-38-30-27(52(47,48)49)13-19-11-23(50(41,42)43)15-25(34)28(19)32(30)40;;;/h1-15,35-36H,33-34H2,(H,41,42,43)(H,44,45,46)(H,47,48,49);;;/q;3*+1/p-3/b37-29+,38-30+;;;. The van der Waals surface area contributed by atoms with Gasteiger partial charge in [0.2, 0.25) is 11.6 Å². The molecule has 0 heterocycles. The van der Waals surface area contributed by atoms with E-state index in [9.17, 15) is 48.5 Å². The number of allylic oxidation sites excluding steroid dienone is 2. The van der Waals surface area contributed by atoms with Crippen molar-refractivity contribution >= 4 is 88.2 Å². The number of ketones is 2. The number of Topliss-reactive ketones (excluding diaryl/α,β-unsaturated/α-hetero) is 2. The molecule has 55 heavy (non-hydrogen) atoms. The van der Waals surface area contributed by atoms with Crippen LogP contribution in [0.15, 0.2) is 104 Å². The third kappa shape index (κ3) is 10.1. The fourth-order valence-corrected chi connectivity index (χ4v) is 7.11. The predicted molar refractivity (Wildman–Crippen MR) is 188 cm³/mol. The number of nitrogens with zero attached hydrogens (tertiary/aromatic N) is 2. The van der Waals surface area contributed by atoms with Gasteiger partial charge in [0.1, 0.15) is 41.8 Å². The number of anilines is 4. The van der Waals surface area contributed by atoms with E-state index >= 15 is 0 Å². The first-order valence-corrected chi connectivity index (χ1v) is 18.7. The molecule has 0 aromatic heterocycles. The molecule has 0 spiro atoms. The minimum absolute atomic E-state index is 0. The molecule has 0 amide bonds. The molecule has 2 aliphatic carbocycles. The van der Waals surface area contributed by atoms with Gasteiger partial charge in [-0.15, -0.1) is 0 Å². The summed E-state index contributed by atoms with van der Waals surface area (Å²) >= 11 is 0. The van der Waals surface area contributed by atoms with Crippen molar-refractivity contribution in [2.24, 2.45) is 10.2 Å². The molecule has 23 heteroatoms. The molecule has 0 atom stereocenters. The van der Waals surface area contributed by atoms with Crippen molar-refractivity contribution in [3.05, 3.63) is 111 Å². The molecule has 0 saturated heterocycles. The molecule has 266 valence electrons. The van der Waals surface area contributed by atoms with Crippen molar-refractivity contribution in [1.82, 2.24) is 0 Å². The molecule has 0 radical (unpaired) electrons. The van der Waals surface area contributed by atoms with Gasteiger partial charge in [-0.3, -0.25) is 20.4 Å². The molecule has 0 unspecified atom stereocenters. The van der Waals surface area contributed by atoms with Crippen LogP contribution in [0.4, 0.5) is 22.7 Å². The molecule has 4 aromatic carbocycles. The molecule has 6 rings (SSSR count). The van der Waals surface area contributed by atoms with Crippen molar-refractivity contribution in [1.29, 1.82) is 0 Å². The summed E-state index contributed by atoms with van der Waals surface area (Å²) in [5.74, 6) is -1.91. The van der Waals surface area contributed by atoms with Gasteiger partial charge in [0.05, 0.1) is 31.6 Å². The summed E-state index contributed by atoms with van der Waals surface area (Å²) in [6, 6.07) is 18.5. The van der Waals surface area contributed by atoms with E-state index in [0.717, 1.165) is 18.2 Å². The number of hydrogen-bond donors (Lipinski definition) is 4. The maximum absolute atomic E-state index is 13.2. The van der Waals surface area contributed by atoms with Gasteiger partial charge < -0.3 is 25.1 Å². The van der Waals surface area contributed by atoms with E-state index in [0.29, 0.717) is 22.9 Å². The normalized spacial score (nSPS) is 15.3. The van der Waals surface area contributed by atoms with Gasteiger partial charge in [-0.25, -0.2) is 25.3 Å². The Balaban J connectivity index is 0.00000271. The van der Waals surface area contributed by atoms with Crippen LogP contribution in [0.2, 0.25) is 0 Å². The van der Waals surface area contributed by atoms with Crippen LogP contribution < -0.4 is 111 Å². The number of rotatable bonds is 8. The van der Waals surface area contributed by atoms with Crippen LogP contribution in [-0.4, -0.2) is 61.9 Å². The van der Waals surface area contributed by atoms with Gasteiger partial charge in [0.25, 0.3) is 0 Å². The van der Waals surface area contributed by atoms with Crippen molar-refractivity contribution in [3.63, 3.8) is 0 Å². The maximum Gasteiger partial charge on any atom is 1.00 e. The molecule has 4 aromatic rings. The third-order valence-electron chi connectivity index (χ3n) is 7.72. The van der Waals surface area contributed by atoms with E-state index in [2.05, 4.69) is 21.1 Å². The third-order valence-corrected chi connectivity index (χ3v) is 10.2. The average Bonchev–Trinajstić information content (AvgIpc) is 3.06. The van der Waals surface area contributed by atoms with Gasteiger partial charge in [0, 0.05) is 16.9 Å². The van der Waals surface area contributed by atoms with Crippen molar-refractivity contribution in [2.45, 2.75) is 4.90 Å². The van der Waals surface area contributed by atoms with E-state index in [4.69, 9.17) is 11.5 Å². The summed E-state index contributed by atoms with van der Waals surface area (Å²) in [5.41, 5.74) is 16.5. The summed E-state index contributed by atoms with van der Waals surface area (Å²) in [5, 5.41) is 7.75. The first kappa shape index (κ1) is 46.4. The number of nitrogen functional groups attached to an aromatic ring is 2. The van der Waals surface area contributed by atoms with Gasteiger partial charge >= 0.3 is 88.7 Å². The topological polar surface area (TPSA) is 307 Å². The zero-order chi connectivity index (χ0) is 37.7. The van der Waals surface area contributed by atoms with Crippen LogP contribution in [0.5, 0.6) is 0 Å². The van der Waals surface area contributed by atoms with Gasteiger partial charge in [-0.2, -0.15) is 10.2 Å². The van der Waals surface area contributed by atoms with Crippen LogP contribution >= 0.6 is 0 Å². The van der Waals surface area contributed by atoms with Crippen LogP contribution in [0.25, 0.3) is 23.3 Å². The molecule has 6 N–H and O–H groups in total. The maximum atomic E-state index is 13.2. The second-order valence-corrected chi connectivity index (χ2v) is 15.2. The zero-order valence-corrected chi connectivity index (χ0v) is 37.4. The van der Waals surface area contributed by atoms with Crippen LogP contribution in [0, 0.1) is 0 Å². The van der Waals surface area contributed by atoms with Crippen LogP contribution in [0.1, 0.15) is 31.8 Å². The number of benzene rings is 4. The molecular weight excluding hydrogens is 810 g/mol. The second kappa shape index (κ2) is 17.6. The molecule has 17 nitrogen and oxygen atoms in total. The number of hydrogen-bond acceptors (Lipinski definition) is 17. The van der Waals surface area contributed by atoms with E-state index in [-0.39, 0.29) is 122 Å². The van der Waals surface area contributed by atoms with Crippen molar-refractivity contribution in [2.75, 3.05) is 22.3 Å². The smallest absolute Gasteiger partial charge is 0.744 e. The first-order chi connectivity index (χ1) is 24.3. The number of hydrazone groups is 2. The SMILES string of the molecule is Nc1ccc2c(c1)C(=O)/C(=N/Nc1ccc(-c3ccc(N/N=C4/C(=O)c5c(N)cc(S(=O)(=O)[O-])cc5C=C4S(=O)(=O)[O-])cc3)cc1)C(S(=O)(=O)[O-])=C2.[Na+].[Na+].[Na+]. The zero-order valence-electron chi connectivity index (χ0n) is 28.9. The number of carbonyl (C=O) groups excluding carboxylic acids is 2.